The van der Waals surface area contributed by atoms with Gasteiger partial charge in [0.15, 0.2) is 4.77 Å². The average Bonchev–Trinajstić information content (AvgIpc) is 2.92. The molecule has 8 heteroatoms. The Morgan fingerprint density at radius 3 is 2.96 bits per heavy atom. The van der Waals surface area contributed by atoms with Gasteiger partial charge in [0, 0.05) is 40.5 Å². The van der Waals surface area contributed by atoms with E-state index in [1.165, 1.54) is 4.57 Å². The first kappa shape index (κ1) is 16.1. The Labute approximate surface area is 140 Å². The zero-order valence-corrected chi connectivity index (χ0v) is 14.3. The number of carbonyl (C=O) groups is 1. The number of hydrogen-bond acceptors (Lipinski definition) is 4. The van der Waals surface area contributed by atoms with Crippen molar-refractivity contribution in [3.63, 3.8) is 0 Å². The van der Waals surface area contributed by atoms with E-state index >= 15 is 0 Å². The van der Waals surface area contributed by atoms with Crippen LogP contribution in [-0.4, -0.2) is 37.2 Å². The van der Waals surface area contributed by atoms with Crippen molar-refractivity contribution in [2.75, 3.05) is 11.5 Å². The lowest BCUT2D eigenvalue weighted by Gasteiger charge is -2.11. The highest BCUT2D eigenvalue weighted by Gasteiger charge is 2.23. The van der Waals surface area contributed by atoms with Gasteiger partial charge >= 0.3 is 0 Å². The molecule has 2 atom stereocenters. The van der Waals surface area contributed by atoms with Gasteiger partial charge in [-0.1, -0.05) is 0 Å². The molecule has 2 heterocycles. The van der Waals surface area contributed by atoms with Crippen LogP contribution in [0.5, 0.6) is 0 Å². The van der Waals surface area contributed by atoms with Crippen LogP contribution in [0.15, 0.2) is 23.0 Å². The van der Waals surface area contributed by atoms with Crippen molar-refractivity contribution < 1.29 is 9.00 Å². The van der Waals surface area contributed by atoms with E-state index in [0.29, 0.717) is 39.3 Å². The van der Waals surface area contributed by atoms with Gasteiger partial charge in [0.2, 0.25) is 0 Å². The van der Waals surface area contributed by atoms with Gasteiger partial charge in [0.1, 0.15) is 0 Å². The molecule has 1 aliphatic rings. The van der Waals surface area contributed by atoms with Crippen LogP contribution in [0.25, 0.3) is 10.9 Å². The molecule has 0 bridgehead atoms. The van der Waals surface area contributed by atoms with Crippen molar-refractivity contribution in [3.05, 3.63) is 38.9 Å². The number of amides is 1. The lowest BCUT2D eigenvalue weighted by Crippen LogP contribution is -2.35. The summed E-state index contributed by atoms with van der Waals surface area (Å²) in [6.07, 6.45) is 0.732. The first-order valence-electron chi connectivity index (χ1n) is 7.42. The number of rotatable bonds is 3. The molecule has 0 aliphatic carbocycles. The van der Waals surface area contributed by atoms with E-state index in [1.54, 1.807) is 18.2 Å². The normalized spacial score (nSPS) is 20.7. The monoisotopic (exact) mass is 351 g/mol. The molecule has 1 aromatic carbocycles. The van der Waals surface area contributed by atoms with Gasteiger partial charge < -0.3 is 10.3 Å². The summed E-state index contributed by atoms with van der Waals surface area (Å²) in [6.45, 7) is 2.34. The van der Waals surface area contributed by atoms with Crippen molar-refractivity contribution in [2.45, 2.75) is 25.9 Å². The molecule has 1 fully saturated rings. The van der Waals surface area contributed by atoms with Crippen molar-refractivity contribution in [3.8, 4) is 0 Å². The second kappa shape index (κ2) is 6.37. The Kier molecular flexibility index (Phi) is 4.45. The van der Waals surface area contributed by atoms with E-state index in [0.717, 1.165) is 6.42 Å². The summed E-state index contributed by atoms with van der Waals surface area (Å²) < 4.78 is 13.2. The Bertz CT molecular complexity index is 916. The molecule has 0 radical (unpaired) electrons. The summed E-state index contributed by atoms with van der Waals surface area (Å²) in [7, 11) is -0.837. The number of benzene rings is 1. The zero-order valence-electron chi connectivity index (χ0n) is 12.6. The van der Waals surface area contributed by atoms with Crippen LogP contribution >= 0.6 is 12.2 Å². The third kappa shape index (κ3) is 3.13. The highest BCUT2D eigenvalue weighted by Crippen LogP contribution is 2.13. The third-order valence-corrected chi connectivity index (χ3v) is 5.76. The fourth-order valence-electron chi connectivity index (χ4n) is 2.73. The van der Waals surface area contributed by atoms with Gasteiger partial charge in [-0.05, 0) is 43.8 Å². The zero-order chi connectivity index (χ0) is 16.6. The maximum absolute atomic E-state index is 12.3. The molecule has 0 spiro atoms. The number of aromatic nitrogens is 2. The fourth-order valence-corrected chi connectivity index (χ4v) is 4.47. The van der Waals surface area contributed by atoms with Crippen LogP contribution in [0.3, 0.4) is 0 Å². The second-order valence-corrected chi connectivity index (χ2v) is 7.52. The molecule has 23 heavy (non-hydrogen) atoms. The van der Waals surface area contributed by atoms with Crippen molar-refractivity contribution >= 4 is 39.8 Å². The van der Waals surface area contributed by atoms with Crippen molar-refractivity contribution in [1.82, 2.24) is 14.9 Å². The third-order valence-electron chi connectivity index (χ3n) is 3.98. The minimum absolute atomic E-state index is 0.0504. The van der Waals surface area contributed by atoms with Crippen LogP contribution in [0.1, 0.15) is 23.7 Å². The number of hydrogen-bond donors (Lipinski definition) is 2. The number of aromatic amines is 1. The van der Waals surface area contributed by atoms with Crippen LogP contribution in [0.2, 0.25) is 0 Å². The molecule has 1 aromatic heterocycles. The largest absolute Gasteiger partial charge is 0.348 e. The van der Waals surface area contributed by atoms with Gasteiger partial charge in [0.25, 0.3) is 11.5 Å². The summed E-state index contributed by atoms with van der Waals surface area (Å²) in [6, 6.07) is 4.84. The summed E-state index contributed by atoms with van der Waals surface area (Å²) in [5, 5.41) is 3.39. The molecular weight excluding hydrogens is 334 g/mol. The van der Waals surface area contributed by atoms with E-state index in [9.17, 15) is 13.8 Å². The van der Waals surface area contributed by atoms with E-state index < -0.39 is 10.8 Å². The first-order chi connectivity index (χ1) is 11.0. The Morgan fingerprint density at radius 1 is 1.52 bits per heavy atom. The van der Waals surface area contributed by atoms with Gasteiger partial charge in [-0.3, -0.25) is 18.4 Å². The molecule has 3 rings (SSSR count). The highest BCUT2D eigenvalue weighted by atomic mass is 32.2. The van der Waals surface area contributed by atoms with E-state index in [-0.39, 0.29) is 17.5 Å². The van der Waals surface area contributed by atoms with Crippen LogP contribution in [0, 0.1) is 4.77 Å². The minimum Gasteiger partial charge on any atom is -0.348 e. The molecule has 2 N–H and O–H groups in total. The van der Waals surface area contributed by atoms with E-state index in [4.69, 9.17) is 12.2 Å². The van der Waals surface area contributed by atoms with E-state index in [2.05, 4.69) is 10.3 Å². The number of nitrogens with zero attached hydrogens (tertiary/aromatic N) is 1. The Balaban J connectivity index is 1.94. The quantitative estimate of drug-likeness (QED) is 0.817. The van der Waals surface area contributed by atoms with Gasteiger partial charge in [-0.25, -0.2) is 0 Å². The minimum atomic E-state index is -0.837. The summed E-state index contributed by atoms with van der Waals surface area (Å²) in [4.78, 5) is 27.6. The van der Waals surface area contributed by atoms with Crippen LogP contribution in [-0.2, 0) is 17.3 Å². The molecule has 1 saturated heterocycles. The highest BCUT2D eigenvalue weighted by molar-refractivity contribution is 7.85. The summed E-state index contributed by atoms with van der Waals surface area (Å²) in [5.74, 6) is 0.907. The average molecular weight is 351 g/mol. The molecule has 6 nitrogen and oxygen atoms in total. The van der Waals surface area contributed by atoms with Gasteiger partial charge in [-0.2, -0.15) is 0 Å². The molecular formula is C15H17N3O3S2. The van der Waals surface area contributed by atoms with E-state index in [1.807, 2.05) is 6.92 Å². The predicted molar refractivity (Wildman–Crippen MR) is 92.8 cm³/mol. The molecule has 122 valence electrons. The van der Waals surface area contributed by atoms with Crippen molar-refractivity contribution in [1.29, 1.82) is 0 Å². The SMILES string of the molecule is CCn1c(=S)[nH]c2cc(C(=O)N[C@@H]3CC[S@@](=O)C3)ccc2c1=O. The molecule has 1 amide bonds. The maximum Gasteiger partial charge on any atom is 0.262 e. The molecule has 0 unspecified atom stereocenters. The fraction of sp³-hybridized carbons (Fsp3) is 0.400. The lowest BCUT2D eigenvalue weighted by atomic mass is 10.1. The summed E-state index contributed by atoms with van der Waals surface area (Å²) in [5.41, 5.74) is 0.839. The van der Waals surface area contributed by atoms with Gasteiger partial charge in [-0.15, -0.1) is 0 Å². The standard InChI is InChI=1S/C15H17N3O3S2/c1-2-18-14(20)11-4-3-9(7-12(11)17-15(18)22)13(19)16-10-5-6-23(21)8-10/h3-4,7,10H,2,5-6,8H2,1H3,(H,16,19)(H,17,22)/t10-,23-/m1/s1. The topological polar surface area (TPSA) is 84.0 Å². The summed E-state index contributed by atoms with van der Waals surface area (Å²) >= 11 is 5.18. The second-order valence-electron chi connectivity index (χ2n) is 5.51. The lowest BCUT2D eigenvalue weighted by molar-refractivity contribution is 0.0941. The number of fused-ring (bicyclic) bond motifs is 1. The first-order valence-corrected chi connectivity index (χ1v) is 9.32. The Morgan fingerprint density at radius 2 is 2.30 bits per heavy atom. The number of nitrogens with one attached hydrogen (secondary N) is 2. The van der Waals surface area contributed by atoms with Gasteiger partial charge in [0.05, 0.1) is 10.9 Å². The van der Waals surface area contributed by atoms with Crippen LogP contribution in [0.4, 0.5) is 0 Å². The predicted octanol–water partition coefficient (Wildman–Crippen LogP) is 1.33. The number of H-pyrrole nitrogens is 1. The molecule has 1 aliphatic heterocycles. The molecule has 0 saturated carbocycles. The number of carbonyl (C=O) groups excluding carboxylic acids is 1. The van der Waals surface area contributed by atoms with Crippen LogP contribution < -0.4 is 10.9 Å². The molecule has 2 aromatic rings. The van der Waals surface area contributed by atoms with Crippen molar-refractivity contribution in [2.24, 2.45) is 0 Å². The maximum atomic E-state index is 12.3. The Hall–Kier alpha value is -1.80. The smallest absolute Gasteiger partial charge is 0.262 e.